The van der Waals surface area contributed by atoms with Crippen LogP contribution in [0.5, 0.6) is 11.5 Å². The molecule has 1 fully saturated rings. The molecule has 0 bridgehead atoms. The number of aryl methyl sites for hydroxylation is 1. The number of aliphatic hydroxyl groups excluding tert-OH is 4. The molecule has 0 amide bonds. The van der Waals surface area contributed by atoms with Crippen LogP contribution >= 0.6 is 11.6 Å². The van der Waals surface area contributed by atoms with Crippen molar-refractivity contribution in [2.75, 3.05) is 13.2 Å². The SMILES string of the molecule is Cc1cccc2c1CC(C)(COc1ccc(Cc3cc([C@@H]4O[C@H](CO)[C@@H](O)[C@H](O)[C@H]4O)ccc3Cl)cc1)O2. The first kappa shape index (κ1) is 26.9. The van der Waals surface area contributed by atoms with Gasteiger partial charge in [-0.3, -0.25) is 0 Å². The predicted octanol–water partition coefficient (Wildman–Crippen LogP) is 3.53. The molecule has 0 saturated carbocycles. The Balaban J connectivity index is 1.24. The number of hydrogen-bond donors (Lipinski definition) is 4. The summed E-state index contributed by atoms with van der Waals surface area (Å²) in [6.07, 6.45) is -4.74. The first-order valence-electron chi connectivity index (χ1n) is 12.8. The summed E-state index contributed by atoms with van der Waals surface area (Å²) in [5, 5.41) is 40.8. The molecule has 1 unspecified atom stereocenters. The van der Waals surface area contributed by atoms with Gasteiger partial charge < -0.3 is 34.6 Å². The van der Waals surface area contributed by atoms with Gasteiger partial charge in [-0.1, -0.05) is 48.0 Å². The summed E-state index contributed by atoms with van der Waals surface area (Å²) in [6.45, 7) is 4.10. The van der Waals surface area contributed by atoms with Crippen LogP contribution in [0.25, 0.3) is 0 Å². The molecular formula is C30H33ClO7. The second-order valence-corrected chi connectivity index (χ2v) is 10.9. The Morgan fingerprint density at radius 2 is 1.76 bits per heavy atom. The molecule has 0 aromatic heterocycles. The van der Waals surface area contributed by atoms with Crippen LogP contribution < -0.4 is 9.47 Å². The molecule has 38 heavy (non-hydrogen) atoms. The first-order chi connectivity index (χ1) is 18.2. The number of fused-ring (bicyclic) bond motifs is 1. The van der Waals surface area contributed by atoms with E-state index in [4.69, 9.17) is 25.8 Å². The Hall–Kier alpha value is -2.65. The van der Waals surface area contributed by atoms with E-state index < -0.39 is 42.7 Å². The van der Waals surface area contributed by atoms with E-state index in [0.29, 0.717) is 23.6 Å². The second-order valence-electron chi connectivity index (χ2n) is 10.5. The van der Waals surface area contributed by atoms with Crippen molar-refractivity contribution in [1.82, 2.24) is 0 Å². The third-order valence-corrected chi connectivity index (χ3v) is 7.80. The van der Waals surface area contributed by atoms with Crippen LogP contribution in [0.4, 0.5) is 0 Å². The zero-order valence-electron chi connectivity index (χ0n) is 21.4. The van der Waals surface area contributed by atoms with Gasteiger partial charge >= 0.3 is 0 Å². The van der Waals surface area contributed by atoms with Crippen molar-refractivity contribution in [3.63, 3.8) is 0 Å². The fourth-order valence-corrected chi connectivity index (χ4v) is 5.38. The molecule has 3 aromatic carbocycles. The highest BCUT2D eigenvalue weighted by Crippen LogP contribution is 2.37. The lowest BCUT2D eigenvalue weighted by atomic mass is 9.90. The summed E-state index contributed by atoms with van der Waals surface area (Å²) in [4.78, 5) is 0. The van der Waals surface area contributed by atoms with Gasteiger partial charge in [-0.2, -0.15) is 0 Å². The van der Waals surface area contributed by atoms with Gasteiger partial charge in [0.25, 0.3) is 0 Å². The number of benzene rings is 3. The van der Waals surface area contributed by atoms with Crippen LogP contribution in [0, 0.1) is 6.92 Å². The number of aliphatic hydroxyl groups is 4. The van der Waals surface area contributed by atoms with E-state index in [1.54, 1.807) is 12.1 Å². The molecule has 202 valence electrons. The highest BCUT2D eigenvalue weighted by Gasteiger charge is 2.44. The second kappa shape index (κ2) is 10.8. The van der Waals surface area contributed by atoms with E-state index in [0.717, 1.165) is 29.0 Å². The third kappa shape index (κ3) is 5.41. The highest BCUT2D eigenvalue weighted by molar-refractivity contribution is 6.31. The molecule has 4 N–H and O–H groups in total. The summed E-state index contributed by atoms with van der Waals surface area (Å²) in [7, 11) is 0. The number of halogens is 1. The summed E-state index contributed by atoms with van der Waals surface area (Å²) in [6, 6.07) is 19.1. The zero-order valence-corrected chi connectivity index (χ0v) is 22.1. The molecule has 0 radical (unpaired) electrons. The predicted molar refractivity (Wildman–Crippen MR) is 143 cm³/mol. The molecular weight excluding hydrogens is 508 g/mol. The largest absolute Gasteiger partial charge is 0.489 e. The minimum Gasteiger partial charge on any atom is -0.489 e. The van der Waals surface area contributed by atoms with E-state index >= 15 is 0 Å². The smallest absolute Gasteiger partial charge is 0.144 e. The lowest BCUT2D eigenvalue weighted by Crippen LogP contribution is -2.55. The van der Waals surface area contributed by atoms with Gasteiger partial charge in [0, 0.05) is 17.0 Å². The summed E-state index contributed by atoms with van der Waals surface area (Å²) < 4.78 is 18.0. The van der Waals surface area contributed by atoms with Crippen LogP contribution in [-0.4, -0.2) is 63.7 Å². The van der Waals surface area contributed by atoms with Crippen molar-refractivity contribution in [3.8, 4) is 11.5 Å². The molecule has 7 nitrogen and oxygen atoms in total. The zero-order chi connectivity index (χ0) is 27.0. The third-order valence-electron chi connectivity index (χ3n) is 7.43. The Labute approximate surface area is 227 Å². The summed E-state index contributed by atoms with van der Waals surface area (Å²) in [5.74, 6) is 1.67. The quantitative estimate of drug-likeness (QED) is 0.363. The standard InChI is InChI=1S/C30H33ClO7/c1-17-4-3-5-24-22(17)14-30(2,38-24)16-36-21-9-6-18(7-10-21)12-20-13-19(8-11-23(20)31)29-28(35)27(34)26(33)25(15-32)37-29/h3-11,13,25-29,32-35H,12,14-16H2,1-2H3/t25-,26-,27+,28-,29+,30?/m1/s1. The summed E-state index contributed by atoms with van der Waals surface area (Å²) in [5.41, 5.74) is 4.46. The molecule has 2 aliphatic rings. The van der Waals surface area contributed by atoms with Crippen molar-refractivity contribution in [1.29, 1.82) is 0 Å². The maximum absolute atomic E-state index is 10.5. The van der Waals surface area contributed by atoms with Crippen LogP contribution in [0.1, 0.15) is 40.8 Å². The fourth-order valence-electron chi connectivity index (χ4n) is 5.20. The first-order valence-corrected chi connectivity index (χ1v) is 13.1. The van der Waals surface area contributed by atoms with Crippen LogP contribution in [0.2, 0.25) is 5.02 Å². The van der Waals surface area contributed by atoms with Gasteiger partial charge in [-0.25, -0.2) is 0 Å². The Morgan fingerprint density at radius 3 is 2.47 bits per heavy atom. The molecule has 2 aliphatic heterocycles. The molecule has 0 spiro atoms. The van der Waals surface area contributed by atoms with E-state index in [2.05, 4.69) is 19.9 Å². The molecule has 2 heterocycles. The van der Waals surface area contributed by atoms with Crippen LogP contribution in [0.3, 0.4) is 0 Å². The van der Waals surface area contributed by atoms with Crippen LogP contribution in [0.15, 0.2) is 60.7 Å². The molecule has 1 saturated heterocycles. The van der Waals surface area contributed by atoms with Gasteiger partial charge in [0.2, 0.25) is 0 Å². The van der Waals surface area contributed by atoms with Crippen LogP contribution in [-0.2, 0) is 17.6 Å². The minimum absolute atomic E-state index is 0.424. The minimum atomic E-state index is -1.44. The summed E-state index contributed by atoms with van der Waals surface area (Å²) >= 11 is 6.48. The topological polar surface area (TPSA) is 109 Å². The van der Waals surface area contributed by atoms with E-state index in [9.17, 15) is 20.4 Å². The molecule has 5 rings (SSSR count). The highest BCUT2D eigenvalue weighted by atomic mass is 35.5. The van der Waals surface area contributed by atoms with Crippen molar-refractivity contribution in [3.05, 3.63) is 93.5 Å². The molecule has 8 heteroatoms. The normalized spacial score (nSPS) is 28.6. The Morgan fingerprint density at radius 1 is 1.00 bits per heavy atom. The lowest BCUT2D eigenvalue weighted by Gasteiger charge is -2.40. The van der Waals surface area contributed by atoms with Crippen molar-refractivity contribution >= 4 is 11.6 Å². The van der Waals surface area contributed by atoms with Crippen molar-refractivity contribution in [2.45, 2.75) is 62.8 Å². The van der Waals surface area contributed by atoms with E-state index in [1.807, 2.05) is 42.5 Å². The number of rotatable bonds is 7. The lowest BCUT2D eigenvalue weighted by molar-refractivity contribution is -0.231. The Kier molecular flexibility index (Phi) is 7.69. The molecule has 0 aliphatic carbocycles. The van der Waals surface area contributed by atoms with Gasteiger partial charge in [0.1, 0.15) is 54.2 Å². The monoisotopic (exact) mass is 540 g/mol. The van der Waals surface area contributed by atoms with E-state index in [1.165, 1.54) is 11.1 Å². The van der Waals surface area contributed by atoms with Crippen molar-refractivity contribution in [2.24, 2.45) is 0 Å². The maximum atomic E-state index is 10.5. The van der Waals surface area contributed by atoms with Gasteiger partial charge in [-0.05, 0) is 66.8 Å². The van der Waals surface area contributed by atoms with Gasteiger partial charge in [0.05, 0.1) is 6.61 Å². The maximum Gasteiger partial charge on any atom is 0.144 e. The van der Waals surface area contributed by atoms with E-state index in [-0.39, 0.29) is 0 Å². The van der Waals surface area contributed by atoms with Gasteiger partial charge in [0.15, 0.2) is 0 Å². The number of hydrogen-bond acceptors (Lipinski definition) is 7. The van der Waals surface area contributed by atoms with Gasteiger partial charge in [-0.15, -0.1) is 0 Å². The molecule has 3 aromatic rings. The fraction of sp³-hybridized carbons (Fsp3) is 0.400. The van der Waals surface area contributed by atoms with Crippen molar-refractivity contribution < 1.29 is 34.6 Å². The Bertz CT molecular complexity index is 1280. The molecule has 6 atom stereocenters. The average Bonchev–Trinajstić information content (AvgIpc) is 3.26. The average molecular weight is 541 g/mol. The number of ether oxygens (including phenoxy) is 3.